The fourth-order valence-corrected chi connectivity index (χ4v) is 6.32. The van der Waals surface area contributed by atoms with Crippen LogP contribution in [0.15, 0.2) is 28.2 Å². The second-order valence-corrected chi connectivity index (χ2v) is 10.0. The number of thiophene rings is 1. The molecule has 164 valence electrons. The largest absolute Gasteiger partial charge is 0.495 e. The molecule has 0 spiro atoms. The zero-order chi connectivity index (χ0) is 22.1. The van der Waals surface area contributed by atoms with Crippen LogP contribution < -0.4 is 15.6 Å². The van der Waals surface area contributed by atoms with Crippen molar-refractivity contribution in [2.24, 2.45) is 5.92 Å². The van der Waals surface area contributed by atoms with Gasteiger partial charge in [0.15, 0.2) is 5.16 Å². The quantitative estimate of drug-likeness (QED) is 0.431. The molecule has 1 aromatic carbocycles. The van der Waals surface area contributed by atoms with E-state index in [1.807, 2.05) is 32.0 Å². The molecule has 1 atom stereocenters. The van der Waals surface area contributed by atoms with Crippen LogP contribution in [0.3, 0.4) is 0 Å². The number of fused-ring (bicyclic) bond motifs is 3. The molecule has 0 saturated heterocycles. The number of aromatic nitrogens is 2. The molecule has 8 heteroatoms. The predicted octanol–water partition coefficient (Wildman–Crippen LogP) is 4.65. The Balaban J connectivity index is 1.58. The summed E-state index contributed by atoms with van der Waals surface area (Å²) >= 11 is 2.94. The molecule has 1 amide bonds. The first-order valence-corrected chi connectivity index (χ1v) is 12.3. The lowest BCUT2D eigenvalue weighted by Crippen LogP contribution is -2.24. The zero-order valence-corrected chi connectivity index (χ0v) is 19.9. The molecule has 1 unspecified atom stereocenters. The highest BCUT2D eigenvalue weighted by Crippen LogP contribution is 2.36. The van der Waals surface area contributed by atoms with E-state index in [-0.39, 0.29) is 17.2 Å². The molecule has 4 rings (SSSR count). The molecule has 3 aromatic rings. The van der Waals surface area contributed by atoms with Gasteiger partial charge in [0.25, 0.3) is 5.56 Å². The minimum absolute atomic E-state index is 0.0165. The number of methoxy groups -OCH3 is 1. The number of nitrogens with zero attached hydrogens (tertiary/aromatic N) is 2. The van der Waals surface area contributed by atoms with Crippen LogP contribution in [-0.4, -0.2) is 28.3 Å². The van der Waals surface area contributed by atoms with Gasteiger partial charge in [0.1, 0.15) is 10.6 Å². The van der Waals surface area contributed by atoms with Crippen molar-refractivity contribution in [2.75, 3.05) is 18.2 Å². The van der Waals surface area contributed by atoms with E-state index in [4.69, 9.17) is 9.72 Å². The van der Waals surface area contributed by atoms with Crippen LogP contribution in [0.5, 0.6) is 5.75 Å². The number of hydrogen-bond acceptors (Lipinski definition) is 6. The molecular formula is C23H27N3O3S2. The number of benzene rings is 1. The number of rotatable bonds is 6. The average molecular weight is 458 g/mol. The zero-order valence-electron chi connectivity index (χ0n) is 18.3. The monoisotopic (exact) mass is 457 g/mol. The Morgan fingerprint density at radius 1 is 1.42 bits per heavy atom. The van der Waals surface area contributed by atoms with Crippen molar-refractivity contribution >= 4 is 44.9 Å². The van der Waals surface area contributed by atoms with Gasteiger partial charge in [-0.1, -0.05) is 24.8 Å². The summed E-state index contributed by atoms with van der Waals surface area (Å²) in [5.41, 5.74) is 2.89. The summed E-state index contributed by atoms with van der Waals surface area (Å²) in [6.07, 6.45) is 3.08. The van der Waals surface area contributed by atoms with Crippen molar-refractivity contribution in [2.45, 2.75) is 51.7 Å². The van der Waals surface area contributed by atoms with Crippen LogP contribution in [0.2, 0.25) is 0 Å². The highest BCUT2D eigenvalue weighted by atomic mass is 32.2. The van der Waals surface area contributed by atoms with Crippen molar-refractivity contribution in [1.29, 1.82) is 0 Å². The Bertz CT molecular complexity index is 1200. The molecule has 2 aromatic heterocycles. The third-order valence-electron chi connectivity index (χ3n) is 5.66. The van der Waals surface area contributed by atoms with Gasteiger partial charge in [0.05, 0.1) is 23.9 Å². The molecule has 1 aliphatic carbocycles. The maximum absolute atomic E-state index is 13.3. The SMILES string of the molecule is CCn1c(SCC(=O)Nc2cc(C)ccc2OC)nc2sc3c(c2c1=O)CCC(C)C3. The van der Waals surface area contributed by atoms with Gasteiger partial charge in [-0.15, -0.1) is 11.3 Å². The van der Waals surface area contributed by atoms with Crippen molar-refractivity contribution in [3.05, 3.63) is 44.6 Å². The lowest BCUT2D eigenvalue weighted by atomic mass is 9.89. The second kappa shape index (κ2) is 9.04. The summed E-state index contributed by atoms with van der Waals surface area (Å²) in [6.45, 7) is 6.69. The molecule has 1 N–H and O–H groups in total. The fraction of sp³-hybridized carbons (Fsp3) is 0.435. The van der Waals surface area contributed by atoms with Crippen LogP contribution >= 0.6 is 23.1 Å². The second-order valence-electron chi connectivity index (χ2n) is 8.02. The number of nitrogens with one attached hydrogen (secondary N) is 1. The molecule has 0 radical (unpaired) electrons. The van der Waals surface area contributed by atoms with Gasteiger partial charge in [-0.05, 0) is 62.3 Å². The van der Waals surface area contributed by atoms with Crippen LogP contribution in [0.1, 0.15) is 36.3 Å². The number of ether oxygens (including phenoxy) is 1. The smallest absolute Gasteiger partial charge is 0.263 e. The number of thioether (sulfide) groups is 1. The third kappa shape index (κ3) is 4.36. The van der Waals surface area contributed by atoms with Gasteiger partial charge in [-0.3, -0.25) is 14.2 Å². The molecule has 0 aliphatic heterocycles. The van der Waals surface area contributed by atoms with E-state index < -0.39 is 0 Å². The van der Waals surface area contributed by atoms with Gasteiger partial charge in [-0.2, -0.15) is 0 Å². The standard InChI is InChI=1S/C23H27N3O3S2/c1-5-26-22(28)20-15-8-6-14(3)11-18(15)31-21(20)25-23(26)30-12-19(27)24-16-10-13(2)7-9-17(16)29-4/h7,9-10,14H,5-6,8,11-12H2,1-4H3,(H,24,27). The van der Waals surface area contributed by atoms with Crippen LogP contribution in [0.4, 0.5) is 5.69 Å². The van der Waals surface area contributed by atoms with Crippen LogP contribution in [-0.2, 0) is 24.2 Å². The molecule has 2 heterocycles. The summed E-state index contributed by atoms with van der Waals surface area (Å²) in [5, 5.41) is 4.29. The number of amides is 1. The first-order valence-electron chi connectivity index (χ1n) is 10.5. The average Bonchev–Trinajstić information content (AvgIpc) is 3.10. The van der Waals surface area contributed by atoms with E-state index in [0.717, 1.165) is 35.0 Å². The molecule has 0 saturated carbocycles. The Morgan fingerprint density at radius 2 is 2.23 bits per heavy atom. The Kier molecular flexibility index (Phi) is 6.39. The lowest BCUT2D eigenvalue weighted by Gasteiger charge is -2.17. The molecular weight excluding hydrogens is 430 g/mol. The van der Waals surface area contributed by atoms with Gasteiger partial charge in [-0.25, -0.2) is 4.98 Å². The topological polar surface area (TPSA) is 73.2 Å². The van der Waals surface area contributed by atoms with E-state index in [1.165, 1.54) is 22.2 Å². The van der Waals surface area contributed by atoms with Crippen molar-refractivity contribution in [1.82, 2.24) is 9.55 Å². The number of hydrogen-bond donors (Lipinski definition) is 1. The van der Waals surface area contributed by atoms with E-state index in [1.54, 1.807) is 23.0 Å². The van der Waals surface area contributed by atoms with Crippen LogP contribution in [0.25, 0.3) is 10.2 Å². The van der Waals surface area contributed by atoms with E-state index in [2.05, 4.69) is 12.2 Å². The minimum atomic E-state index is -0.162. The summed E-state index contributed by atoms with van der Waals surface area (Å²) in [6, 6.07) is 5.65. The molecule has 31 heavy (non-hydrogen) atoms. The van der Waals surface area contributed by atoms with Gasteiger partial charge >= 0.3 is 0 Å². The highest BCUT2D eigenvalue weighted by Gasteiger charge is 2.24. The number of carbonyl (C=O) groups excluding carboxylic acids is 1. The van der Waals surface area contributed by atoms with E-state index >= 15 is 0 Å². The Morgan fingerprint density at radius 3 is 2.97 bits per heavy atom. The van der Waals surface area contributed by atoms with Gasteiger partial charge in [0, 0.05) is 11.4 Å². The lowest BCUT2D eigenvalue weighted by molar-refractivity contribution is -0.113. The summed E-state index contributed by atoms with van der Waals surface area (Å²) < 4.78 is 7.03. The van der Waals surface area contributed by atoms with Crippen molar-refractivity contribution in [3.63, 3.8) is 0 Å². The summed E-state index contributed by atoms with van der Waals surface area (Å²) in [5.74, 6) is 1.26. The molecule has 0 bridgehead atoms. The number of aryl methyl sites for hydroxylation is 2. The van der Waals surface area contributed by atoms with E-state index in [0.29, 0.717) is 29.1 Å². The normalized spacial score (nSPS) is 15.7. The summed E-state index contributed by atoms with van der Waals surface area (Å²) in [4.78, 5) is 32.8. The maximum Gasteiger partial charge on any atom is 0.263 e. The molecule has 1 aliphatic rings. The van der Waals surface area contributed by atoms with Crippen LogP contribution in [0, 0.1) is 12.8 Å². The fourth-order valence-electron chi connectivity index (χ4n) is 4.03. The van der Waals surface area contributed by atoms with E-state index in [9.17, 15) is 9.59 Å². The van der Waals surface area contributed by atoms with Gasteiger partial charge < -0.3 is 10.1 Å². The van der Waals surface area contributed by atoms with Crippen molar-refractivity contribution in [3.8, 4) is 5.75 Å². The number of anilines is 1. The predicted molar refractivity (Wildman–Crippen MR) is 128 cm³/mol. The van der Waals surface area contributed by atoms with Gasteiger partial charge in [0.2, 0.25) is 5.91 Å². The minimum Gasteiger partial charge on any atom is -0.495 e. The summed E-state index contributed by atoms with van der Waals surface area (Å²) in [7, 11) is 1.58. The Hall–Kier alpha value is -2.32. The maximum atomic E-state index is 13.3. The first kappa shape index (κ1) is 21.9. The first-order chi connectivity index (χ1) is 14.9. The molecule has 6 nitrogen and oxygen atoms in total. The Labute approximate surface area is 190 Å². The molecule has 0 fully saturated rings. The van der Waals surface area contributed by atoms with Crippen molar-refractivity contribution < 1.29 is 9.53 Å². The number of carbonyl (C=O) groups is 1. The third-order valence-corrected chi connectivity index (χ3v) is 7.78. The highest BCUT2D eigenvalue weighted by molar-refractivity contribution is 7.99.